The van der Waals surface area contributed by atoms with Crippen LogP contribution in [0.3, 0.4) is 0 Å². The number of ether oxygens (including phenoxy) is 1. The predicted molar refractivity (Wildman–Crippen MR) is 92.3 cm³/mol. The number of hydrogen-bond acceptors (Lipinski definition) is 2. The van der Waals surface area contributed by atoms with Crippen molar-refractivity contribution < 1.29 is 9.53 Å². The SMILES string of the molecule is CCCCC(C)(CC)OC(=O)Nc1cccc2ccccc12. The average Bonchev–Trinajstić information content (AvgIpc) is 2.53. The van der Waals surface area contributed by atoms with Crippen molar-refractivity contribution in [1.82, 2.24) is 0 Å². The first-order valence-electron chi connectivity index (χ1n) is 8.06. The number of carbonyl (C=O) groups excluding carboxylic acids is 1. The quantitative estimate of drug-likeness (QED) is 0.737. The van der Waals surface area contributed by atoms with Crippen molar-refractivity contribution >= 4 is 22.6 Å². The lowest BCUT2D eigenvalue weighted by Crippen LogP contribution is -2.33. The molecular weight excluding hydrogens is 274 g/mol. The summed E-state index contributed by atoms with van der Waals surface area (Å²) in [5, 5.41) is 5.01. The maximum Gasteiger partial charge on any atom is 0.412 e. The van der Waals surface area contributed by atoms with Crippen LogP contribution in [0.2, 0.25) is 0 Å². The molecule has 3 nitrogen and oxygen atoms in total. The van der Waals surface area contributed by atoms with Crippen molar-refractivity contribution in [1.29, 1.82) is 0 Å². The highest BCUT2D eigenvalue weighted by atomic mass is 16.6. The number of fused-ring (bicyclic) bond motifs is 1. The summed E-state index contributed by atoms with van der Waals surface area (Å²) in [5.41, 5.74) is 0.391. The molecule has 0 fully saturated rings. The van der Waals surface area contributed by atoms with E-state index in [1.54, 1.807) is 0 Å². The van der Waals surface area contributed by atoms with Crippen LogP contribution in [-0.2, 0) is 4.74 Å². The maximum absolute atomic E-state index is 12.3. The maximum atomic E-state index is 12.3. The number of amides is 1. The lowest BCUT2D eigenvalue weighted by Gasteiger charge is -2.28. The molecule has 0 radical (unpaired) electrons. The molecule has 0 aliphatic rings. The second kappa shape index (κ2) is 7.30. The van der Waals surface area contributed by atoms with Crippen LogP contribution in [0.15, 0.2) is 42.5 Å². The summed E-state index contributed by atoms with van der Waals surface area (Å²) in [4.78, 5) is 12.3. The molecular formula is C19H25NO2. The highest BCUT2D eigenvalue weighted by Crippen LogP contribution is 2.26. The molecule has 0 heterocycles. The van der Waals surface area contributed by atoms with E-state index in [0.29, 0.717) is 0 Å². The zero-order chi connectivity index (χ0) is 16.0. The monoisotopic (exact) mass is 299 g/mol. The van der Waals surface area contributed by atoms with Crippen molar-refractivity contribution in [3.8, 4) is 0 Å². The second-order valence-electron chi connectivity index (χ2n) is 5.95. The fourth-order valence-electron chi connectivity index (χ4n) is 2.54. The molecule has 0 aromatic heterocycles. The Morgan fingerprint density at radius 2 is 1.86 bits per heavy atom. The minimum absolute atomic E-state index is 0.378. The molecule has 0 bridgehead atoms. The fourth-order valence-corrected chi connectivity index (χ4v) is 2.54. The van der Waals surface area contributed by atoms with E-state index >= 15 is 0 Å². The Morgan fingerprint density at radius 3 is 2.59 bits per heavy atom. The average molecular weight is 299 g/mol. The van der Waals surface area contributed by atoms with Gasteiger partial charge in [-0.25, -0.2) is 4.79 Å². The number of nitrogens with one attached hydrogen (secondary N) is 1. The Bertz CT molecular complexity index is 633. The van der Waals surface area contributed by atoms with Crippen LogP contribution in [-0.4, -0.2) is 11.7 Å². The zero-order valence-electron chi connectivity index (χ0n) is 13.7. The van der Waals surface area contributed by atoms with Gasteiger partial charge < -0.3 is 4.74 Å². The number of rotatable bonds is 6. The summed E-state index contributed by atoms with van der Waals surface area (Å²) < 4.78 is 5.69. The van der Waals surface area contributed by atoms with Crippen molar-refractivity contribution in [3.05, 3.63) is 42.5 Å². The van der Waals surface area contributed by atoms with Crippen molar-refractivity contribution in [3.63, 3.8) is 0 Å². The number of carbonyl (C=O) groups is 1. The molecule has 2 rings (SSSR count). The summed E-state index contributed by atoms with van der Waals surface area (Å²) in [7, 11) is 0. The molecule has 1 amide bonds. The van der Waals surface area contributed by atoms with Gasteiger partial charge in [-0.1, -0.05) is 56.7 Å². The molecule has 0 saturated heterocycles. The van der Waals surface area contributed by atoms with Gasteiger partial charge in [0.15, 0.2) is 0 Å². The fraction of sp³-hybridized carbons (Fsp3) is 0.421. The minimum Gasteiger partial charge on any atom is -0.443 e. The van der Waals surface area contributed by atoms with Crippen LogP contribution in [0.5, 0.6) is 0 Å². The number of hydrogen-bond donors (Lipinski definition) is 1. The van der Waals surface area contributed by atoms with Crippen LogP contribution in [0.25, 0.3) is 10.8 Å². The Balaban J connectivity index is 2.10. The first-order chi connectivity index (χ1) is 10.6. The first kappa shape index (κ1) is 16.3. The zero-order valence-corrected chi connectivity index (χ0v) is 13.7. The normalized spacial score (nSPS) is 13.6. The predicted octanol–water partition coefficient (Wildman–Crippen LogP) is 5.75. The standard InChI is InChI=1S/C19H25NO2/c1-4-6-14-19(3,5-2)22-18(21)20-17-13-9-11-15-10-7-8-12-16(15)17/h7-13H,4-6,14H2,1-3H3,(H,20,21). The molecule has 118 valence electrons. The molecule has 0 aliphatic heterocycles. The molecule has 2 aromatic rings. The van der Waals surface area contributed by atoms with Gasteiger partial charge in [-0.2, -0.15) is 0 Å². The van der Waals surface area contributed by atoms with Gasteiger partial charge in [0.05, 0.1) is 5.69 Å². The van der Waals surface area contributed by atoms with Gasteiger partial charge in [0, 0.05) is 5.39 Å². The summed E-state index contributed by atoms with van der Waals surface area (Å²) in [6.45, 7) is 6.21. The molecule has 0 saturated carbocycles. The number of unbranched alkanes of at least 4 members (excludes halogenated alkanes) is 1. The third-order valence-electron chi connectivity index (χ3n) is 4.17. The molecule has 1 atom stereocenters. The Morgan fingerprint density at radius 1 is 1.14 bits per heavy atom. The summed E-state index contributed by atoms with van der Waals surface area (Å²) in [6.07, 6.45) is 3.49. The number of anilines is 1. The highest BCUT2D eigenvalue weighted by Gasteiger charge is 2.26. The third-order valence-corrected chi connectivity index (χ3v) is 4.17. The molecule has 1 unspecified atom stereocenters. The van der Waals surface area contributed by atoms with Gasteiger partial charge in [-0.05, 0) is 37.6 Å². The van der Waals surface area contributed by atoms with E-state index in [4.69, 9.17) is 4.74 Å². The molecule has 0 spiro atoms. The van der Waals surface area contributed by atoms with Crippen molar-refractivity contribution in [2.24, 2.45) is 0 Å². The minimum atomic E-state index is -0.398. The third kappa shape index (κ3) is 4.00. The first-order valence-corrected chi connectivity index (χ1v) is 8.06. The van der Waals surface area contributed by atoms with Gasteiger partial charge >= 0.3 is 6.09 Å². The summed E-state index contributed by atoms with van der Waals surface area (Å²) in [6, 6.07) is 13.9. The molecule has 2 aromatic carbocycles. The van der Waals surface area contributed by atoms with Crippen LogP contribution in [0, 0.1) is 0 Å². The second-order valence-corrected chi connectivity index (χ2v) is 5.95. The van der Waals surface area contributed by atoms with Crippen molar-refractivity contribution in [2.75, 3.05) is 5.32 Å². The molecule has 0 aliphatic carbocycles. The van der Waals surface area contributed by atoms with Crippen LogP contribution in [0.1, 0.15) is 46.5 Å². The largest absolute Gasteiger partial charge is 0.443 e. The topological polar surface area (TPSA) is 38.3 Å². The Hall–Kier alpha value is -2.03. The van der Waals surface area contributed by atoms with Gasteiger partial charge in [-0.3, -0.25) is 5.32 Å². The van der Waals surface area contributed by atoms with Crippen molar-refractivity contribution in [2.45, 2.75) is 52.1 Å². The summed E-state index contributed by atoms with van der Waals surface area (Å²) in [5.74, 6) is 0. The van der Waals surface area contributed by atoms with E-state index in [9.17, 15) is 4.79 Å². The van der Waals surface area contributed by atoms with E-state index in [-0.39, 0.29) is 6.09 Å². The lowest BCUT2D eigenvalue weighted by atomic mass is 9.96. The van der Waals surface area contributed by atoms with E-state index in [0.717, 1.165) is 42.1 Å². The van der Waals surface area contributed by atoms with E-state index in [1.165, 1.54) is 0 Å². The van der Waals surface area contributed by atoms with E-state index < -0.39 is 5.60 Å². The smallest absolute Gasteiger partial charge is 0.412 e. The van der Waals surface area contributed by atoms with E-state index in [1.807, 2.05) is 49.4 Å². The van der Waals surface area contributed by atoms with E-state index in [2.05, 4.69) is 19.2 Å². The molecule has 1 N–H and O–H groups in total. The highest BCUT2D eigenvalue weighted by molar-refractivity contribution is 6.00. The number of benzene rings is 2. The molecule has 22 heavy (non-hydrogen) atoms. The Kier molecular flexibility index (Phi) is 5.42. The summed E-state index contributed by atoms with van der Waals surface area (Å²) >= 11 is 0. The van der Waals surface area contributed by atoms with Crippen LogP contribution >= 0.6 is 0 Å². The van der Waals surface area contributed by atoms with Crippen LogP contribution < -0.4 is 5.32 Å². The Labute approximate surface area is 132 Å². The van der Waals surface area contributed by atoms with Gasteiger partial charge in [0.1, 0.15) is 5.60 Å². The lowest BCUT2D eigenvalue weighted by molar-refractivity contribution is 0.0227. The van der Waals surface area contributed by atoms with Gasteiger partial charge in [-0.15, -0.1) is 0 Å². The van der Waals surface area contributed by atoms with Gasteiger partial charge in [0.25, 0.3) is 0 Å². The molecule has 3 heteroatoms. The van der Waals surface area contributed by atoms with Gasteiger partial charge in [0.2, 0.25) is 0 Å². The van der Waals surface area contributed by atoms with Crippen LogP contribution in [0.4, 0.5) is 10.5 Å².